The predicted molar refractivity (Wildman–Crippen MR) is 40.6 cm³/mol. The van der Waals surface area contributed by atoms with Gasteiger partial charge in [-0.1, -0.05) is 0 Å². The Morgan fingerprint density at radius 3 is 2.50 bits per heavy atom. The smallest absolute Gasteiger partial charge is 0.0575 e. The summed E-state index contributed by atoms with van der Waals surface area (Å²) in [5.41, 5.74) is 0. The van der Waals surface area contributed by atoms with E-state index in [1.165, 1.54) is 0 Å². The average molecular weight is 147 g/mol. The van der Waals surface area contributed by atoms with E-state index in [0.29, 0.717) is 6.61 Å². The number of aliphatic hydroxyl groups is 1. The van der Waals surface area contributed by atoms with Crippen LogP contribution in [0.25, 0.3) is 0 Å². The fourth-order valence-corrected chi connectivity index (χ4v) is 0.714. The molecule has 1 N–H and O–H groups in total. The highest BCUT2D eigenvalue weighted by molar-refractivity contribution is 4.42. The summed E-state index contributed by atoms with van der Waals surface area (Å²) in [5.74, 6) is 0. The Bertz CT molecular complexity index is 68.6. The van der Waals surface area contributed by atoms with Crippen LogP contribution in [0.3, 0.4) is 0 Å². The highest BCUT2D eigenvalue weighted by Gasteiger charge is 1.93. The molecule has 0 aromatic heterocycles. The number of nitrogens with zero attached hydrogens (tertiary/aromatic N) is 1. The van der Waals surface area contributed by atoms with Crippen molar-refractivity contribution in [1.29, 1.82) is 0 Å². The van der Waals surface area contributed by atoms with E-state index in [2.05, 4.69) is 0 Å². The standard InChI is InChI=1S/C7H17NO2/c1-8(10-2)6-4-3-5-7-9/h9H,3-7H2,1-2H3. The zero-order valence-corrected chi connectivity index (χ0v) is 6.84. The lowest BCUT2D eigenvalue weighted by Gasteiger charge is -2.11. The fourth-order valence-electron chi connectivity index (χ4n) is 0.714. The van der Waals surface area contributed by atoms with Gasteiger partial charge in [-0.2, -0.15) is 5.06 Å². The molecule has 0 fully saturated rings. The molecule has 0 rings (SSSR count). The molecule has 0 saturated carbocycles. The third kappa shape index (κ3) is 6.01. The van der Waals surface area contributed by atoms with Crippen molar-refractivity contribution in [2.24, 2.45) is 0 Å². The maximum atomic E-state index is 8.44. The van der Waals surface area contributed by atoms with Crippen LogP contribution in [0.15, 0.2) is 0 Å². The maximum Gasteiger partial charge on any atom is 0.0575 e. The number of rotatable bonds is 6. The van der Waals surface area contributed by atoms with Crippen molar-refractivity contribution in [3.8, 4) is 0 Å². The Morgan fingerprint density at radius 1 is 1.30 bits per heavy atom. The topological polar surface area (TPSA) is 32.7 Å². The quantitative estimate of drug-likeness (QED) is 0.442. The van der Waals surface area contributed by atoms with Gasteiger partial charge in [0.15, 0.2) is 0 Å². The summed E-state index contributed by atoms with van der Waals surface area (Å²) >= 11 is 0. The molecular formula is C7H17NO2. The lowest BCUT2D eigenvalue weighted by Crippen LogP contribution is -2.17. The van der Waals surface area contributed by atoms with Crippen LogP contribution in [0.4, 0.5) is 0 Å². The van der Waals surface area contributed by atoms with Crippen molar-refractivity contribution in [1.82, 2.24) is 5.06 Å². The van der Waals surface area contributed by atoms with E-state index in [4.69, 9.17) is 9.94 Å². The number of aliphatic hydroxyl groups excluding tert-OH is 1. The Kier molecular flexibility index (Phi) is 6.91. The van der Waals surface area contributed by atoms with Gasteiger partial charge in [0.1, 0.15) is 0 Å². The molecule has 0 bridgehead atoms. The van der Waals surface area contributed by atoms with Gasteiger partial charge in [-0.3, -0.25) is 0 Å². The second kappa shape index (κ2) is 6.99. The summed E-state index contributed by atoms with van der Waals surface area (Å²) < 4.78 is 0. The molecule has 0 atom stereocenters. The number of unbranched alkanes of at least 4 members (excludes halogenated alkanes) is 2. The summed E-state index contributed by atoms with van der Waals surface area (Å²) in [4.78, 5) is 4.90. The first-order chi connectivity index (χ1) is 4.81. The molecule has 0 aromatic rings. The lowest BCUT2D eigenvalue weighted by molar-refractivity contribution is -0.109. The first-order valence-corrected chi connectivity index (χ1v) is 3.67. The van der Waals surface area contributed by atoms with E-state index < -0.39 is 0 Å². The summed E-state index contributed by atoms with van der Waals surface area (Å²) in [6.45, 7) is 1.24. The minimum absolute atomic E-state index is 0.302. The van der Waals surface area contributed by atoms with Gasteiger partial charge in [0.05, 0.1) is 7.11 Å². The molecule has 62 valence electrons. The molecule has 10 heavy (non-hydrogen) atoms. The lowest BCUT2D eigenvalue weighted by atomic mass is 10.2. The van der Waals surface area contributed by atoms with Crippen LogP contribution >= 0.6 is 0 Å². The highest BCUT2D eigenvalue weighted by atomic mass is 16.7. The molecule has 3 heteroatoms. The number of hydrogen-bond acceptors (Lipinski definition) is 3. The summed E-state index contributed by atoms with van der Waals surface area (Å²) in [7, 11) is 3.56. The van der Waals surface area contributed by atoms with E-state index >= 15 is 0 Å². The Labute approximate surface area is 62.6 Å². The van der Waals surface area contributed by atoms with E-state index in [9.17, 15) is 0 Å². The molecular weight excluding hydrogens is 130 g/mol. The van der Waals surface area contributed by atoms with Crippen LogP contribution in [0.2, 0.25) is 0 Å². The van der Waals surface area contributed by atoms with Crippen LogP contribution < -0.4 is 0 Å². The largest absolute Gasteiger partial charge is 0.396 e. The molecule has 0 aliphatic rings. The zero-order chi connectivity index (χ0) is 7.82. The molecule has 0 aliphatic heterocycles. The van der Waals surface area contributed by atoms with Crippen LogP contribution in [-0.2, 0) is 4.84 Å². The zero-order valence-electron chi connectivity index (χ0n) is 6.84. The second-order valence-electron chi connectivity index (χ2n) is 2.32. The van der Waals surface area contributed by atoms with Gasteiger partial charge in [0.25, 0.3) is 0 Å². The summed E-state index contributed by atoms with van der Waals surface area (Å²) in [6.07, 6.45) is 3.06. The molecule has 0 radical (unpaired) electrons. The third-order valence-corrected chi connectivity index (χ3v) is 1.44. The van der Waals surface area contributed by atoms with E-state index in [1.807, 2.05) is 7.05 Å². The summed E-state index contributed by atoms with van der Waals surface area (Å²) in [5, 5.41) is 10.2. The first-order valence-electron chi connectivity index (χ1n) is 3.67. The molecule has 0 amide bonds. The second-order valence-corrected chi connectivity index (χ2v) is 2.32. The fraction of sp³-hybridized carbons (Fsp3) is 1.00. The average Bonchev–Trinajstić information content (AvgIpc) is 1.98. The monoisotopic (exact) mass is 147 g/mol. The Morgan fingerprint density at radius 2 is 2.00 bits per heavy atom. The number of hydrogen-bond donors (Lipinski definition) is 1. The highest BCUT2D eigenvalue weighted by Crippen LogP contribution is 1.95. The van der Waals surface area contributed by atoms with Gasteiger partial charge in [-0.25, -0.2) is 0 Å². The van der Waals surface area contributed by atoms with Gasteiger partial charge in [0.2, 0.25) is 0 Å². The van der Waals surface area contributed by atoms with Gasteiger partial charge in [0, 0.05) is 20.2 Å². The van der Waals surface area contributed by atoms with Gasteiger partial charge in [-0.05, 0) is 19.3 Å². The van der Waals surface area contributed by atoms with Gasteiger partial charge in [-0.15, -0.1) is 0 Å². The van der Waals surface area contributed by atoms with Crippen molar-refractivity contribution < 1.29 is 9.94 Å². The normalized spacial score (nSPS) is 10.8. The molecule has 0 unspecified atom stereocenters. The van der Waals surface area contributed by atoms with Gasteiger partial charge < -0.3 is 9.94 Å². The predicted octanol–water partition coefficient (Wildman–Crippen LogP) is 0.642. The Balaban J connectivity index is 2.89. The maximum absolute atomic E-state index is 8.44. The SMILES string of the molecule is CON(C)CCCCCO. The molecule has 0 aromatic carbocycles. The van der Waals surface area contributed by atoms with Crippen molar-refractivity contribution in [2.75, 3.05) is 27.3 Å². The molecule has 3 nitrogen and oxygen atoms in total. The molecule has 0 saturated heterocycles. The van der Waals surface area contributed by atoms with Crippen LogP contribution in [-0.4, -0.2) is 37.5 Å². The van der Waals surface area contributed by atoms with Crippen LogP contribution in [0.1, 0.15) is 19.3 Å². The van der Waals surface area contributed by atoms with Crippen molar-refractivity contribution in [2.45, 2.75) is 19.3 Å². The van der Waals surface area contributed by atoms with Crippen LogP contribution in [0.5, 0.6) is 0 Å². The van der Waals surface area contributed by atoms with E-state index in [0.717, 1.165) is 25.8 Å². The molecule has 0 aliphatic carbocycles. The number of hydroxylamine groups is 2. The van der Waals surface area contributed by atoms with Crippen LogP contribution in [0, 0.1) is 0 Å². The molecule has 0 spiro atoms. The van der Waals surface area contributed by atoms with Crippen molar-refractivity contribution in [3.05, 3.63) is 0 Å². The van der Waals surface area contributed by atoms with Gasteiger partial charge >= 0.3 is 0 Å². The minimum atomic E-state index is 0.302. The molecule has 0 heterocycles. The van der Waals surface area contributed by atoms with E-state index in [-0.39, 0.29) is 0 Å². The first kappa shape index (κ1) is 9.88. The Hall–Kier alpha value is -0.120. The van der Waals surface area contributed by atoms with E-state index in [1.54, 1.807) is 12.2 Å². The summed E-state index contributed by atoms with van der Waals surface area (Å²) in [6, 6.07) is 0. The van der Waals surface area contributed by atoms with Crippen molar-refractivity contribution in [3.63, 3.8) is 0 Å². The third-order valence-electron chi connectivity index (χ3n) is 1.44. The minimum Gasteiger partial charge on any atom is -0.396 e. The van der Waals surface area contributed by atoms with Crippen molar-refractivity contribution >= 4 is 0 Å².